The lowest BCUT2D eigenvalue weighted by atomic mass is 9.70. The third kappa shape index (κ3) is 5.41. The predicted molar refractivity (Wildman–Crippen MR) is 265 cm³/mol. The number of fused-ring (bicyclic) bond motifs is 13. The zero-order valence-corrected chi connectivity index (χ0v) is 34.9. The van der Waals surface area contributed by atoms with E-state index in [1.807, 2.05) is 6.07 Å². The summed E-state index contributed by atoms with van der Waals surface area (Å²) in [5.74, 6) is 0. The van der Waals surface area contributed by atoms with E-state index in [4.69, 9.17) is 4.42 Å². The minimum absolute atomic E-state index is 0.580. The molecule has 0 amide bonds. The van der Waals surface area contributed by atoms with Crippen LogP contribution in [0.3, 0.4) is 0 Å². The molecule has 1 atom stereocenters. The van der Waals surface area contributed by atoms with Gasteiger partial charge in [0.2, 0.25) is 0 Å². The second-order valence-electron chi connectivity index (χ2n) is 16.8. The molecule has 0 radical (unpaired) electrons. The summed E-state index contributed by atoms with van der Waals surface area (Å²) in [7, 11) is 0. The summed E-state index contributed by atoms with van der Waals surface area (Å²) in [6.45, 7) is 0. The summed E-state index contributed by atoms with van der Waals surface area (Å²) in [6, 6.07) is 88.3. The Kier molecular flexibility index (Phi) is 8.13. The van der Waals surface area contributed by atoms with E-state index in [1.165, 1.54) is 50.1 Å². The molecule has 64 heavy (non-hydrogen) atoms. The van der Waals surface area contributed by atoms with E-state index in [0.29, 0.717) is 0 Å². The van der Waals surface area contributed by atoms with Crippen LogP contribution in [0, 0.1) is 0 Å². The molecular weight excluding hydrogens is 777 g/mol. The highest BCUT2D eigenvalue weighted by Gasteiger charge is 2.52. The summed E-state index contributed by atoms with van der Waals surface area (Å²) < 4.78 is 6.54. The van der Waals surface area contributed by atoms with Gasteiger partial charge >= 0.3 is 0 Å². The van der Waals surface area contributed by atoms with Crippen molar-refractivity contribution in [2.45, 2.75) is 5.41 Å². The van der Waals surface area contributed by atoms with E-state index < -0.39 is 5.41 Å². The Hall–Kier alpha value is -8.40. The first-order valence-corrected chi connectivity index (χ1v) is 22.0. The molecule has 13 rings (SSSR count). The van der Waals surface area contributed by atoms with Crippen molar-refractivity contribution >= 4 is 56.1 Å². The molecule has 1 aromatic heterocycles. The van der Waals surface area contributed by atoms with Gasteiger partial charge in [0.1, 0.15) is 11.2 Å². The van der Waals surface area contributed by atoms with Gasteiger partial charge in [-0.2, -0.15) is 0 Å². The summed E-state index contributed by atoms with van der Waals surface area (Å²) in [5, 5.41) is 2.23. The lowest BCUT2D eigenvalue weighted by Crippen LogP contribution is -2.26. The molecule has 3 heteroatoms. The molecule has 0 saturated carbocycles. The smallest absolute Gasteiger partial charge is 0.137 e. The van der Waals surface area contributed by atoms with Gasteiger partial charge in [0.25, 0.3) is 0 Å². The number of para-hydroxylation sites is 3. The predicted octanol–water partition coefficient (Wildman–Crippen LogP) is 16.5. The largest absolute Gasteiger partial charge is 0.456 e. The topological polar surface area (TPSA) is 19.6 Å². The Morgan fingerprint density at radius 3 is 1.34 bits per heavy atom. The summed E-state index contributed by atoms with van der Waals surface area (Å²) in [5.41, 5.74) is 20.2. The van der Waals surface area contributed by atoms with Crippen LogP contribution in [0.2, 0.25) is 0 Å². The summed E-state index contributed by atoms with van der Waals surface area (Å²) in [6.07, 6.45) is 0. The van der Waals surface area contributed by atoms with E-state index in [0.717, 1.165) is 61.6 Å². The molecule has 0 bridgehead atoms. The average molecular weight is 817 g/mol. The van der Waals surface area contributed by atoms with E-state index in [1.54, 1.807) is 0 Å². The Bertz CT molecular complexity index is 3520. The number of anilines is 6. The molecular formula is C61H40N2O. The Morgan fingerprint density at radius 1 is 0.266 bits per heavy atom. The number of rotatable bonds is 7. The molecule has 0 saturated heterocycles. The van der Waals surface area contributed by atoms with Gasteiger partial charge in [0.05, 0.1) is 5.41 Å². The van der Waals surface area contributed by atoms with Crippen LogP contribution < -0.4 is 9.80 Å². The highest BCUT2D eigenvalue weighted by molar-refractivity contribution is 6.06. The van der Waals surface area contributed by atoms with Gasteiger partial charge in [-0.3, -0.25) is 0 Å². The number of benzene rings is 10. The van der Waals surface area contributed by atoms with E-state index in [-0.39, 0.29) is 0 Å². The molecule has 1 heterocycles. The molecule has 2 aliphatic carbocycles. The number of hydrogen-bond donors (Lipinski definition) is 0. The standard InChI is InChI=1S/C61H40N2O/c1-4-17-41(18-5-1)42-19-16-24-45(37-42)63(48-33-36-54-53-27-12-15-30-59(53)64-60(54)40-48)47-32-35-52-50-26-11-14-29-56(50)61(58(52)39-47)55-28-13-10-25-49(55)51-34-31-46(38-57(51)61)62(43-20-6-2-7-21-43)44-22-8-3-9-23-44/h1-40H. The second kappa shape index (κ2) is 14.3. The van der Waals surface area contributed by atoms with Crippen LogP contribution in [0.5, 0.6) is 0 Å². The lowest BCUT2D eigenvalue weighted by molar-refractivity contribution is 0.669. The fraction of sp³-hybridized carbons (Fsp3) is 0.0164. The number of nitrogens with zero attached hydrogens (tertiary/aromatic N) is 2. The SMILES string of the molecule is c1ccc(-c2cccc(N(c3ccc4c(c3)C3(c5ccccc5-c5ccc(N(c6ccccc6)c6ccccc6)cc53)c3ccccc3-4)c3ccc4c(c3)oc3ccccc34)c2)cc1. The molecule has 10 aromatic carbocycles. The van der Waals surface area contributed by atoms with Gasteiger partial charge in [-0.05, 0) is 134 Å². The van der Waals surface area contributed by atoms with Gasteiger partial charge in [0.15, 0.2) is 0 Å². The monoisotopic (exact) mass is 816 g/mol. The molecule has 1 spiro atoms. The maximum atomic E-state index is 6.54. The van der Waals surface area contributed by atoms with Crippen LogP contribution in [0.15, 0.2) is 247 Å². The molecule has 0 aliphatic heterocycles. The lowest BCUT2D eigenvalue weighted by Gasteiger charge is -2.33. The molecule has 3 nitrogen and oxygen atoms in total. The molecule has 11 aromatic rings. The third-order valence-electron chi connectivity index (χ3n) is 13.4. The van der Waals surface area contributed by atoms with Crippen molar-refractivity contribution in [1.29, 1.82) is 0 Å². The second-order valence-corrected chi connectivity index (χ2v) is 16.8. The Balaban J connectivity index is 1.06. The first-order valence-electron chi connectivity index (χ1n) is 22.0. The highest BCUT2D eigenvalue weighted by Crippen LogP contribution is 2.64. The quantitative estimate of drug-likeness (QED) is 0.160. The maximum Gasteiger partial charge on any atom is 0.137 e. The van der Waals surface area contributed by atoms with Crippen molar-refractivity contribution in [3.8, 4) is 33.4 Å². The van der Waals surface area contributed by atoms with Gasteiger partial charge in [-0.1, -0.05) is 158 Å². The van der Waals surface area contributed by atoms with Crippen molar-refractivity contribution in [3.05, 3.63) is 265 Å². The average Bonchev–Trinajstić information content (AvgIpc) is 3.99. The van der Waals surface area contributed by atoms with Crippen LogP contribution in [-0.4, -0.2) is 0 Å². The van der Waals surface area contributed by atoms with Crippen LogP contribution >= 0.6 is 0 Å². The van der Waals surface area contributed by atoms with Crippen molar-refractivity contribution in [1.82, 2.24) is 0 Å². The number of furan rings is 1. The van der Waals surface area contributed by atoms with E-state index in [2.05, 4.69) is 246 Å². The van der Waals surface area contributed by atoms with Crippen molar-refractivity contribution in [2.75, 3.05) is 9.80 Å². The van der Waals surface area contributed by atoms with E-state index >= 15 is 0 Å². The van der Waals surface area contributed by atoms with Crippen LogP contribution in [0.1, 0.15) is 22.3 Å². The zero-order valence-electron chi connectivity index (χ0n) is 34.9. The first-order chi connectivity index (χ1) is 31.7. The van der Waals surface area contributed by atoms with Crippen molar-refractivity contribution < 1.29 is 4.42 Å². The van der Waals surface area contributed by atoms with Crippen molar-refractivity contribution in [2.24, 2.45) is 0 Å². The minimum Gasteiger partial charge on any atom is -0.456 e. The van der Waals surface area contributed by atoms with Crippen LogP contribution in [0.25, 0.3) is 55.3 Å². The molecule has 300 valence electrons. The Labute approximate surface area is 372 Å². The van der Waals surface area contributed by atoms with Gasteiger partial charge < -0.3 is 14.2 Å². The summed E-state index contributed by atoms with van der Waals surface area (Å²) >= 11 is 0. The van der Waals surface area contributed by atoms with Gasteiger partial charge in [0, 0.05) is 51.0 Å². The maximum absolute atomic E-state index is 6.54. The molecule has 2 aliphatic rings. The first kappa shape index (κ1) is 36.3. The zero-order chi connectivity index (χ0) is 42.2. The van der Waals surface area contributed by atoms with Crippen molar-refractivity contribution in [3.63, 3.8) is 0 Å². The molecule has 0 N–H and O–H groups in total. The fourth-order valence-corrected chi connectivity index (χ4v) is 10.8. The van der Waals surface area contributed by atoms with Crippen LogP contribution in [-0.2, 0) is 5.41 Å². The molecule has 0 fully saturated rings. The van der Waals surface area contributed by atoms with Gasteiger partial charge in [-0.15, -0.1) is 0 Å². The normalized spacial score (nSPS) is 14.3. The third-order valence-corrected chi connectivity index (χ3v) is 13.4. The Morgan fingerprint density at radius 2 is 0.703 bits per heavy atom. The van der Waals surface area contributed by atoms with E-state index in [9.17, 15) is 0 Å². The highest BCUT2D eigenvalue weighted by atomic mass is 16.3. The minimum atomic E-state index is -0.580. The fourth-order valence-electron chi connectivity index (χ4n) is 10.8. The molecule has 1 unspecified atom stereocenters. The summed E-state index contributed by atoms with van der Waals surface area (Å²) in [4.78, 5) is 4.78. The van der Waals surface area contributed by atoms with Crippen LogP contribution in [0.4, 0.5) is 34.1 Å². The van der Waals surface area contributed by atoms with Gasteiger partial charge in [-0.25, -0.2) is 0 Å². The number of hydrogen-bond acceptors (Lipinski definition) is 3.